The fourth-order valence-electron chi connectivity index (χ4n) is 1.53. The summed E-state index contributed by atoms with van der Waals surface area (Å²) in [6, 6.07) is 4.27. The summed E-state index contributed by atoms with van der Waals surface area (Å²) in [5.74, 6) is -0.855. The fraction of sp³-hybridized carbons (Fsp3) is 0.385. The summed E-state index contributed by atoms with van der Waals surface area (Å²) in [6.07, 6.45) is 0.136. The Morgan fingerprint density at radius 1 is 1.53 bits per heavy atom. The monoisotopic (exact) mass is 284 g/mol. The van der Waals surface area contributed by atoms with Crippen LogP contribution in [0.25, 0.3) is 0 Å². The molecule has 0 saturated carbocycles. The van der Waals surface area contributed by atoms with E-state index in [4.69, 9.17) is 22.7 Å². The summed E-state index contributed by atoms with van der Waals surface area (Å²) in [7, 11) is 1.52. The van der Waals surface area contributed by atoms with Crippen LogP contribution in [0.1, 0.15) is 25.8 Å². The second-order valence-corrected chi connectivity index (χ2v) is 5.16. The van der Waals surface area contributed by atoms with Crippen LogP contribution >= 0.6 is 12.2 Å². The van der Waals surface area contributed by atoms with Gasteiger partial charge in [0.2, 0.25) is 5.91 Å². The summed E-state index contributed by atoms with van der Waals surface area (Å²) in [5, 5.41) is 2.60. The van der Waals surface area contributed by atoms with Crippen molar-refractivity contribution < 1.29 is 13.9 Å². The molecule has 0 atom stereocenters. The van der Waals surface area contributed by atoms with Gasteiger partial charge in [-0.05, 0) is 26.0 Å². The molecule has 0 aliphatic rings. The first-order chi connectivity index (χ1) is 8.76. The molecule has 1 amide bonds. The maximum atomic E-state index is 13.6. The third-order valence-electron chi connectivity index (χ3n) is 2.67. The maximum absolute atomic E-state index is 13.6. The van der Waals surface area contributed by atoms with Crippen molar-refractivity contribution in [2.24, 2.45) is 5.73 Å². The van der Waals surface area contributed by atoms with Crippen LogP contribution in [0.3, 0.4) is 0 Å². The molecule has 104 valence electrons. The lowest BCUT2D eigenvalue weighted by molar-refractivity contribution is -0.121. The zero-order valence-electron chi connectivity index (χ0n) is 11.1. The molecule has 6 heteroatoms. The first-order valence-electron chi connectivity index (χ1n) is 5.70. The average Bonchev–Trinajstić information content (AvgIpc) is 2.27. The third-order valence-corrected chi connectivity index (χ3v) is 2.88. The van der Waals surface area contributed by atoms with E-state index in [9.17, 15) is 9.18 Å². The van der Waals surface area contributed by atoms with E-state index in [1.165, 1.54) is 19.2 Å². The molecule has 0 heterocycles. The summed E-state index contributed by atoms with van der Waals surface area (Å²) >= 11 is 4.78. The maximum Gasteiger partial charge on any atom is 0.227 e. The van der Waals surface area contributed by atoms with Crippen molar-refractivity contribution in [1.82, 2.24) is 0 Å². The van der Waals surface area contributed by atoms with E-state index in [1.54, 1.807) is 19.9 Å². The van der Waals surface area contributed by atoms with Crippen LogP contribution in [0.5, 0.6) is 0 Å². The van der Waals surface area contributed by atoms with Crippen LogP contribution in [0, 0.1) is 5.82 Å². The van der Waals surface area contributed by atoms with Crippen LogP contribution in [-0.4, -0.2) is 23.6 Å². The Kier molecular flexibility index (Phi) is 4.97. The number of nitrogens with two attached hydrogens (primary N) is 1. The van der Waals surface area contributed by atoms with Gasteiger partial charge in [-0.25, -0.2) is 4.39 Å². The fourth-order valence-corrected chi connectivity index (χ4v) is 1.74. The standard InChI is InChI=1S/C13H17FN2O2S/c1-13(2,18-3)7-10(17)16-9-6-4-5-8(14)11(9)12(15)19/h4-6H,7H2,1-3H3,(H2,15,19)(H,16,17). The van der Waals surface area contributed by atoms with Gasteiger partial charge in [0.25, 0.3) is 0 Å². The Morgan fingerprint density at radius 3 is 2.68 bits per heavy atom. The summed E-state index contributed by atoms with van der Waals surface area (Å²) in [4.78, 5) is 11.8. The van der Waals surface area contributed by atoms with Gasteiger partial charge in [-0.1, -0.05) is 18.3 Å². The molecule has 0 aliphatic carbocycles. The Balaban J connectivity index is 2.92. The molecule has 0 aliphatic heterocycles. The number of amides is 1. The van der Waals surface area contributed by atoms with E-state index in [0.29, 0.717) is 0 Å². The molecule has 0 aromatic heterocycles. The zero-order chi connectivity index (χ0) is 14.6. The first kappa shape index (κ1) is 15.5. The van der Waals surface area contributed by atoms with Crippen LogP contribution in [-0.2, 0) is 9.53 Å². The average molecular weight is 284 g/mol. The van der Waals surface area contributed by atoms with Gasteiger partial charge >= 0.3 is 0 Å². The number of hydrogen-bond acceptors (Lipinski definition) is 3. The Bertz CT molecular complexity index is 503. The van der Waals surface area contributed by atoms with Crippen molar-refractivity contribution in [1.29, 1.82) is 0 Å². The molecule has 0 fully saturated rings. The minimum absolute atomic E-state index is 0.0427. The molecule has 0 bridgehead atoms. The molecule has 3 N–H and O–H groups in total. The second-order valence-electron chi connectivity index (χ2n) is 4.72. The number of nitrogens with one attached hydrogen (secondary N) is 1. The zero-order valence-corrected chi connectivity index (χ0v) is 11.9. The smallest absolute Gasteiger partial charge is 0.227 e. The largest absolute Gasteiger partial charge is 0.389 e. The Hall–Kier alpha value is -1.53. The SMILES string of the molecule is COC(C)(C)CC(=O)Nc1cccc(F)c1C(N)=S. The number of carbonyl (C=O) groups excluding carboxylic acids is 1. The minimum atomic E-state index is -0.596. The lowest BCUT2D eigenvalue weighted by Crippen LogP contribution is -2.30. The van der Waals surface area contributed by atoms with Crippen molar-refractivity contribution in [2.75, 3.05) is 12.4 Å². The number of carbonyl (C=O) groups is 1. The third kappa shape index (κ3) is 4.25. The van der Waals surface area contributed by atoms with E-state index in [-0.39, 0.29) is 28.6 Å². The number of hydrogen-bond donors (Lipinski definition) is 2. The van der Waals surface area contributed by atoms with Crippen LogP contribution in [0.4, 0.5) is 10.1 Å². The summed E-state index contributed by atoms with van der Waals surface area (Å²) in [5.41, 5.74) is 5.17. The van der Waals surface area contributed by atoms with Crippen molar-refractivity contribution in [3.8, 4) is 0 Å². The van der Waals surface area contributed by atoms with Crippen LogP contribution < -0.4 is 11.1 Å². The van der Waals surface area contributed by atoms with Gasteiger partial charge in [-0.2, -0.15) is 0 Å². The van der Waals surface area contributed by atoms with Gasteiger partial charge in [0, 0.05) is 7.11 Å². The molecule has 1 rings (SSSR count). The molecule has 4 nitrogen and oxygen atoms in total. The second kappa shape index (κ2) is 6.08. The summed E-state index contributed by atoms with van der Waals surface area (Å²) in [6.45, 7) is 3.57. The lowest BCUT2D eigenvalue weighted by Gasteiger charge is -2.22. The highest BCUT2D eigenvalue weighted by atomic mass is 32.1. The molecule has 0 saturated heterocycles. The highest BCUT2D eigenvalue weighted by Gasteiger charge is 2.22. The van der Waals surface area contributed by atoms with E-state index >= 15 is 0 Å². The summed E-state index contributed by atoms with van der Waals surface area (Å²) < 4.78 is 18.8. The molecular formula is C13H17FN2O2S. The lowest BCUT2D eigenvalue weighted by atomic mass is 10.0. The number of methoxy groups -OCH3 is 1. The highest BCUT2D eigenvalue weighted by molar-refractivity contribution is 7.80. The molecule has 19 heavy (non-hydrogen) atoms. The van der Waals surface area contributed by atoms with Crippen LogP contribution in [0.2, 0.25) is 0 Å². The van der Waals surface area contributed by atoms with Gasteiger partial charge in [0.1, 0.15) is 10.8 Å². The topological polar surface area (TPSA) is 64.3 Å². The number of halogens is 1. The Morgan fingerprint density at radius 2 is 2.16 bits per heavy atom. The van der Waals surface area contributed by atoms with Crippen LogP contribution in [0.15, 0.2) is 18.2 Å². The van der Waals surface area contributed by atoms with Crippen molar-refractivity contribution in [2.45, 2.75) is 25.9 Å². The van der Waals surface area contributed by atoms with E-state index in [2.05, 4.69) is 5.32 Å². The number of ether oxygens (including phenoxy) is 1. The molecule has 1 aromatic rings. The predicted molar refractivity (Wildman–Crippen MR) is 76.6 cm³/mol. The predicted octanol–water partition coefficient (Wildman–Crippen LogP) is 2.21. The van der Waals surface area contributed by atoms with Crippen molar-refractivity contribution >= 4 is 28.8 Å². The molecule has 0 unspecified atom stereocenters. The van der Waals surface area contributed by atoms with Crippen molar-refractivity contribution in [3.63, 3.8) is 0 Å². The molecule has 0 radical (unpaired) electrons. The molecule has 1 aromatic carbocycles. The Labute approximate surface area is 117 Å². The number of benzene rings is 1. The minimum Gasteiger partial charge on any atom is -0.389 e. The van der Waals surface area contributed by atoms with Gasteiger partial charge in [-0.15, -0.1) is 0 Å². The normalized spacial score (nSPS) is 11.2. The van der Waals surface area contributed by atoms with Crippen molar-refractivity contribution in [3.05, 3.63) is 29.6 Å². The molecular weight excluding hydrogens is 267 g/mol. The van der Waals surface area contributed by atoms with Gasteiger partial charge in [0.15, 0.2) is 0 Å². The van der Waals surface area contributed by atoms with Gasteiger partial charge in [0.05, 0.1) is 23.3 Å². The van der Waals surface area contributed by atoms with Gasteiger partial charge < -0.3 is 15.8 Å². The quantitative estimate of drug-likeness (QED) is 0.814. The van der Waals surface area contributed by atoms with E-state index < -0.39 is 11.4 Å². The van der Waals surface area contributed by atoms with Gasteiger partial charge in [-0.3, -0.25) is 4.79 Å². The number of rotatable bonds is 5. The number of anilines is 1. The first-order valence-corrected chi connectivity index (χ1v) is 6.11. The molecule has 0 spiro atoms. The number of thiocarbonyl (C=S) groups is 1. The van der Waals surface area contributed by atoms with E-state index in [0.717, 1.165) is 0 Å². The highest BCUT2D eigenvalue weighted by Crippen LogP contribution is 2.20. The van der Waals surface area contributed by atoms with E-state index in [1.807, 2.05) is 0 Å².